The van der Waals surface area contributed by atoms with Crippen molar-refractivity contribution >= 4 is 28.5 Å². The summed E-state index contributed by atoms with van der Waals surface area (Å²) in [6.45, 7) is 30.6. The van der Waals surface area contributed by atoms with E-state index in [1.54, 1.807) is 52.1 Å². The first kappa shape index (κ1) is 52.2. The largest absolute Gasteiger partial charge is 0.497 e. The van der Waals surface area contributed by atoms with Gasteiger partial charge in [0, 0.05) is 18.8 Å². The van der Waals surface area contributed by atoms with Crippen molar-refractivity contribution in [3.8, 4) is 5.75 Å². The van der Waals surface area contributed by atoms with Crippen molar-refractivity contribution in [1.82, 2.24) is 19.8 Å². The third-order valence-electron chi connectivity index (χ3n) is 12.0. The first-order valence-electron chi connectivity index (χ1n) is 21.5. The third kappa shape index (κ3) is 13.9. The van der Waals surface area contributed by atoms with Crippen LogP contribution in [-0.2, 0) is 34.5 Å². The number of aromatic nitrogens is 2. The Morgan fingerprint density at radius 2 is 1.44 bits per heavy atom. The first-order chi connectivity index (χ1) is 27.9. The zero-order valence-corrected chi connectivity index (χ0v) is 41.7. The summed E-state index contributed by atoms with van der Waals surface area (Å²) in [6, 6.07) is 6.44. The van der Waals surface area contributed by atoms with Crippen LogP contribution in [0.3, 0.4) is 0 Å². The Bertz CT molecular complexity index is 1880. The lowest BCUT2D eigenvalue weighted by Gasteiger charge is -2.44. The van der Waals surface area contributed by atoms with E-state index >= 15 is 0 Å². The summed E-state index contributed by atoms with van der Waals surface area (Å²) in [5.41, 5.74) is 4.73. The molecule has 15 nitrogen and oxygen atoms in total. The highest BCUT2D eigenvalue weighted by Gasteiger charge is 2.57. The summed E-state index contributed by atoms with van der Waals surface area (Å²) in [5, 5.41) is 18.0. The van der Waals surface area contributed by atoms with Crippen molar-refractivity contribution in [2.75, 3.05) is 20.2 Å². The van der Waals surface area contributed by atoms with E-state index in [9.17, 15) is 24.3 Å². The number of carbonyl (C=O) groups excluding carboxylic acids is 2. The summed E-state index contributed by atoms with van der Waals surface area (Å²) < 4.78 is 34.9. The van der Waals surface area contributed by atoms with Crippen molar-refractivity contribution in [1.29, 1.82) is 0 Å². The molecule has 3 rings (SSSR count). The lowest BCUT2D eigenvalue weighted by atomic mass is 9.99. The van der Waals surface area contributed by atoms with Crippen molar-refractivity contribution < 1.29 is 37.8 Å². The molecule has 61 heavy (non-hydrogen) atoms. The van der Waals surface area contributed by atoms with E-state index in [-0.39, 0.29) is 41.5 Å². The number of methoxy groups -OCH3 is 1. The predicted octanol–water partition coefficient (Wildman–Crippen LogP) is 5.29. The van der Waals surface area contributed by atoms with Crippen LogP contribution in [0.1, 0.15) is 101 Å². The quantitative estimate of drug-likeness (QED) is 0.0811. The van der Waals surface area contributed by atoms with Gasteiger partial charge in [-0.05, 0) is 100 Å². The molecule has 17 heteroatoms. The Kier molecular flexibility index (Phi) is 17.6. The second-order valence-corrected chi connectivity index (χ2v) is 30.3. The van der Waals surface area contributed by atoms with Crippen LogP contribution in [0.2, 0.25) is 36.3 Å². The van der Waals surface area contributed by atoms with Crippen molar-refractivity contribution in [3.63, 3.8) is 0 Å². The van der Waals surface area contributed by atoms with Gasteiger partial charge in [-0.1, -0.05) is 67.5 Å². The minimum absolute atomic E-state index is 0.0202. The molecular formula is C44H77N5O10Si2. The van der Waals surface area contributed by atoms with Crippen molar-refractivity contribution in [2.45, 2.75) is 180 Å². The number of hydrogen-bond acceptors (Lipinski definition) is 12. The third-order valence-corrected chi connectivity index (χ3v) is 20.9. The number of rotatable bonds is 19. The van der Waals surface area contributed by atoms with E-state index in [1.165, 1.54) is 16.8 Å². The molecule has 0 radical (unpaired) electrons. The molecule has 5 N–H and O–H groups in total. The highest BCUT2D eigenvalue weighted by molar-refractivity contribution is 6.74. The Morgan fingerprint density at radius 1 is 0.885 bits per heavy atom. The lowest BCUT2D eigenvalue weighted by Crippen LogP contribution is -2.59. The smallest absolute Gasteiger partial charge is 0.333 e. The van der Waals surface area contributed by atoms with Crippen molar-refractivity contribution in [2.24, 2.45) is 11.7 Å². The van der Waals surface area contributed by atoms with Crippen LogP contribution in [0.4, 0.5) is 0 Å². The van der Waals surface area contributed by atoms with E-state index in [4.69, 9.17) is 28.8 Å². The highest BCUT2D eigenvalue weighted by Crippen LogP contribution is 2.46. The molecule has 1 aliphatic rings. The summed E-state index contributed by atoms with van der Waals surface area (Å²) in [7, 11) is -3.84. The van der Waals surface area contributed by atoms with Gasteiger partial charge in [-0.3, -0.25) is 23.5 Å². The Labute approximate surface area is 365 Å². The number of nitrogens with two attached hydrogens (primary N) is 1. The van der Waals surface area contributed by atoms with E-state index in [0.29, 0.717) is 24.2 Å². The van der Waals surface area contributed by atoms with Gasteiger partial charge >= 0.3 is 11.7 Å². The highest BCUT2D eigenvalue weighted by atomic mass is 28.4. The average Bonchev–Trinajstić information content (AvgIpc) is 3.45. The monoisotopic (exact) mass is 892 g/mol. The molecule has 0 bridgehead atoms. The minimum atomic E-state index is -2.71. The Hall–Kier alpha value is -3.17. The Balaban J connectivity index is 2.18. The van der Waals surface area contributed by atoms with Crippen LogP contribution in [0.25, 0.3) is 0 Å². The predicted molar refractivity (Wildman–Crippen MR) is 244 cm³/mol. The van der Waals surface area contributed by atoms with Gasteiger partial charge in [0.1, 0.15) is 41.8 Å². The topological polar surface area (TPSA) is 195 Å². The molecule has 7 unspecified atom stereocenters. The molecule has 2 aromatic rings. The fraction of sp³-hybridized carbons (Fsp3) is 0.727. The van der Waals surface area contributed by atoms with Crippen LogP contribution in [0.15, 0.2) is 46.1 Å². The fourth-order valence-corrected chi connectivity index (χ4v) is 9.03. The molecule has 2 heterocycles. The summed E-state index contributed by atoms with van der Waals surface area (Å²) in [4.78, 5) is 54.6. The number of nitrogens with zero attached hydrogens (tertiary/aromatic N) is 2. The maximum atomic E-state index is 14.5. The average molecular weight is 892 g/mol. The molecule has 1 amide bonds. The molecule has 1 fully saturated rings. The molecule has 346 valence electrons. The number of aliphatic hydroxyl groups excluding tert-OH is 1. The van der Waals surface area contributed by atoms with Crippen LogP contribution in [0.5, 0.6) is 5.75 Å². The van der Waals surface area contributed by atoms with E-state index in [2.05, 4.69) is 78.4 Å². The fourth-order valence-electron chi connectivity index (χ4n) is 6.44. The first-order valence-corrected chi connectivity index (χ1v) is 27.4. The summed E-state index contributed by atoms with van der Waals surface area (Å²) in [5.74, 6) is -0.0752. The summed E-state index contributed by atoms with van der Waals surface area (Å²) >= 11 is 0. The van der Waals surface area contributed by atoms with Gasteiger partial charge in [-0.2, -0.15) is 0 Å². The maximum Gasteiger partial charge on any atom is 0.333 e. The zero-order chi connectivity index (χ0) is 46.5. The second-order valence-electron chi connectivity index (χ2n) is 20.8. The van der Waals surface area contributed by atoms with Gasteiger partial charge in [0.15, 0.2) is 22.9 Å². The number of carbonyl (C=O) groups is 2. The number of ether oxygens (including phenoxy) is 3. The van der Waals surface area contributed by atoms with Gasteiger partial charge in [0.25, 0.3) is 5.56 Å². The number of benzene rings is 1. The van der Waals surface area contributed by atoms with E-state index in [0.717, 1.165) is 4.57 Å². The number of aliphatic hydroxyl groups is 1. The van der Waals surface area contributed by atoms with Crippen LogP contribution in [-0.4, -0.2) is 105 Å². The number of hydrogen-bond donors (Lipinski definition) is 4. The molecule has 1 aromatic heterocycles. The molecule has 0 aliphatic carbocycles. The number of esters is 1. The van der Waals surface area contributed by atoms with E-state index < -0.39 is 82.2 Å². The lowest BCUT2D eigenvalue weighted by molar-refractivity contribution is -0.166. The number of nitrogens with one attached hydrogen (secondary N) is 2. The standard InChI is InChI=1S/C44H77N5O10Si2/c1-28(2)26-31(45)38(52)47-24-17-23-46-33(40(53)57-42(3,4)5)34(51)35-36(58-60(13,14)43(6,7)8)37(59-61(15,16)44(9,10)11)39(56-35)48-25-22-32(50)49(41(48)54)27-29-18-20-30(55-12)21-19-29/h18-22,25,28,31,33-37,39,46,51H,17,23-24,26-27,45H2,1-16H3,(H,47,52). The van der Waals surface area contributed by atoms with Gasteiger partial charge in [-0.15, -0.1) is 0 Å². The van der Waals surface area contributed by atoms with Gasteiger partial charge in [0.2, 0.25) is 5.91 Å². The van der Waals surface area contributed by atoms with Crippen molar-refractivity contribution in [3.05, 3.63) is 62.9 Å². The number of amides is 1. The molecule has 1 aromatic carbocycles. The van der Waals surface area contributed by atoms with Crippen LogP contribution < -0.4 is 32.4 Å². The van der Waals surface area contributed by atoms with Gasteiger partial charge in [0.05, 0.1) is 19.7 Å². The minimum Gasteiger partial charge on any atom is -0.497 e. The van der Waals surface area contributed by atoms with Crippen LogP contribution in [0, 0.1) is 5.92 Å². The van der Waals surface area contributed by atoms with E-state index in [1.807, 2.05) is 13.8 Å². The normalized spacial score (nSPS) is 20.6. The molecule has 1 saturated heterocycles. The molecule has 0 spiro atoms. The van der Waals surface area contributed by atoms with Gasteiger partial charge < -0.3 is 44.5 Å². The van der Waals surface area contributed by atoms with Crippen LogP contribution >= 0.6 is 0 Å². The van der Waals surface area contributed by atoms with Gasteiger partial charge in [-0.25, -0.2) is 4.79 Å². The molecule has 7 atom stereocenters. The maximum absolute atomic E-state index is 14.5. The molecule has 0 saturated carbocycles. The second kappa shape index (κ2) is 20.6. The zero-order valence-electron chi connectivity index (χ0n) is 39.7. The summed E-state index contributed by atoms with van der Waals surface area (Å²) in [6.07, 6.45) is -3.55. The Morgan fingerprint density at radius 3 is 1.95 bits per heavy atom. The SMILES string of the molecule is COc1ccc(Cn2c(=O)ccn(C3OC(C(O)C(NCCCNC(=O)C(N)CC(C)C)C(=O)OC(C)(C)C)C(O[Si](C)(C)C(C)(C)C)C3O[Si](C)(C)C(C)(C)C)c2=O)cc1. The molecule has 1 aliphatic heterocycles. The molecular weight excluding hydrogens is 815 g/mol.